The second-order valence-corrected chi connectivity index (χ2v) is 9.95. The number of hydrogen-bond donors (Lipinski definition) is 0. The molecule has 37 heavy (non-hydrogen) atoms. The number of aryl methyl sites for hydroxylation is 1. The van der Waals surface area contributed by atoms with E-state index in [-0.39, 0.29) is 5.69 Å². The summed E-state index contributed by atoms with van der Waals surface area (Å²) in [6, 6.07) is 9.67. The molecule has 0 bridgehead atoms. The number of fused-ring (bicyclic) bond motifs is 2. The Bertz CT molecular complexity index is 1680. The number of aromatic nitrogens is 4. The normalized spacial score (nSPS) is 15.0. The molecule has 4 heterocycles. The smallest absolute Gasteiger partial charge is 0.222 e. The van der Waals surface area contributed by atoms with E-state index in [2.05, 4.69) is 21.4 Å². The van der Waals surface area contributed by atoms with Gasteiger partial charge in [-0.3, -0.25) is 4.98 Å². The Morgan fingerprint density at radius 3 is 2.57 bits per heavy atom. The van der Waals surface area contributed by atoms with Crippen LogP contribution in [0.25, 0.3) is 49.2 Å². The third-order valence-corrected chi connectivity index (χ3v) is 7.55. The lowest BCUT2D eigenvalue weighted by molar-refractivity contribution is 0.206. The summed E-state index contributed by atoms with van der Waals surface area (Å²) in [5.41, 5.74) is 3.98. The van der Waals surface area contributed by atoms with Gasteiger partial charge >= 0.3 is 0 Å². The van der Waals surface area contributed by atoms with Crippen LogP contribution in [0.4, 0.5) is 14.5 Å². The van der Waals surface area contributed by atoms with E-state index in [4.69, 9.17) is 16.5 Å². The predicted molar refractivity (Wildman–Crippen MR) is 141 cm³/mol. The second-order valence-electron chi connectivity index (χ2n) is 9.95. The highest BCUT2D eigenvalue weighted by molar-refractivity contribution is 6.00. The molecule has 186 valence electrons. The fourth-order valence-electron chi connectivity index (χ4n) is 5.39. The van der Waals surface area contributed by atoms with E-state index in [1.165, 1.54) is 18.2 Å². The Morgan fingerprint density at radius 1 is 1.00 bits per heavy atom. The van der Waals surface area contributed by atoms with Crippen molar-refractivity contribution in [3.05, 3.63) is 78.2 Å². The van der Waals surface area contributed by atoms with Crippen molar-refractivity contribution in [1.82, 2.24) is 24.0 Å². The van der Waals surface area contributed by atoms with Crippen LogP contribution in [0, 0.1) is 24.1 Å². The highest BCUT2D eigenvalue weighted by Crippen LogP contribution is 2.39. The van der Waals surface area contributed by atoms with Crippen molar-refractivity contribution in [2.24, 2.45) is 13.0 Å². The maximum atomic E-state index is 15.5. The number of piperidine rings is 1. The van der Waals surface area contributed by atoms with Crippen molar-refractivity contribution < 1.29 is 8.78 Å². The van der Waals surface area contributed by atoms with Gasteiger partial charge in [0, 0.05) is 36.3 Å². The Kier molecular flexibility index (Phi) is 5.73. The number of halogens is 2. The van der Waals surface area contributed by atoms with E-state index < -0.39 is 11.6 Å². The molecule has 0 atom stereocenters. The zero-order valence-electron chi connectivity index (χ0n) is 20.7. The van der Waals surface area contributed by atoms with Gasteiger partial charge in [-0.2, -0.15) is 0 Å². The molecular weight excluding hydrogens is 470 g/mol. The van der Waals surface area contributed by atoms with Crippen LogP contribution in [0.3, 0.4) is 0 Å². The summed E-state index contributed by atoms with van der Waals surface area (Å²) in [5, 5.41) is 0.883. The maximum Gasteiger partial charge on any atom is 0.222 e. The van der Waals surface area contributed by atoms with Crippen molar-refractivity contribution in [3.63, 3.8) is 0 Å². The molecule has 1 aliphatic rings. The lowest BCUT2D eigenvalue weighted by atomic mass is 9.96. The fraction of sp³-hybridized carbons (Fsp3) is 0.276. The molecule has 2 aromatic carbocycles. The Balaban J connectivity index is 1.54. The third-order valence-electron chi connectivity index (χ3n) is 7.55. The summed E-state index contributed by atoms with van der Waals surface area (Å²) in [5.74, 6) is -0.503. The number of likely N-dealkylation sites (tertiary alicyclic amines) is 1. The van der Waals surface area contributed by atoms with Crippen LogP contribution in [0.15, 0.2) is 55.1 Å². The SMILES string of the molecule is [C-]#[N+]c1ccc(-c2c(-c3cc4ccn(C)c4cc3F)ncc3c2ncn3CC2CCN(C)CC2)cc1F. The summed E-state index contributed by atoms with van der Waals surface area (Å²) in [4.78, 5) is 15.1. The van der Waals surface area contributed by atoms with Gasteiger partial charge < -0.3 is 14.0 Å². The van der Waals surface area contributed by atoms with Crippen LogP contribution in [0.2, 0.25) is 0 Å². The highest BCUT2D eigenvalue weighted by Gasteiger charge is 2.23. The fourth-order valence-corrected chi connectivity index (χ4v) is 5.39. The van der Waals surface area contributed by atoms with E-state index in [1.54, 1.807) is 24.7 Å². The number of imidazole rings is 1. The summed E-state index contributed by atoms with van der Waals surface area (Å²) in [7, 11) is 4.01. The number of benzene rings is 2. The average molecular weight is 497 g/mol. The first-order valence-corrected chi connectivity index (χ1v) is 12.4. The largest absolute Gasteiger partial charge is 0.350 e. The minimum Gasteiger partial charge on any atom is -0.350 e. The van der Waals surface area contributed by atoms with E-state index in [0.29, 0.717) is 33.8 Å². The molecule has 6 nitrogen and oxygen atoms in total. The molecule has 8 heteroatoms. The van der Waals surface area contributed by atoms with E-state index in [9.17, 15) is 4.39 Å². The van der Waals surface area contributed by atoms with Crippen molar-refractivity contribution in [3.8, 4) is 22.4 Å². The summed E-state index contributed by atoms with van der Waals surface area (Å²) >= 11 is 0. The second kappa shape index (κ2) is 9.09. The molecular formula is C29H26F2N6. The standard InChI is InChI=1S/C29H26F2N6/c1-32-24-5-4-20(13-23(24)31)27-28(21-12-19-8-11-36(3)25(19)14-22(21)30)33-15-26-29(27)34-17-37(26)16-18-6-9-35(2)10-7-18/h4-5,8,11-15,17-18H,6-7,9-10,16H2,2-3H3. The Labute approximate surface area is 213 Å². The van der Waals surface area contributed by atoms with Crippen molar-refractivity contribution in [1.29, 1.82) is 0 Å². The van der Waals surface area contributed by atoms with Gasteiger partial charge in [0.1, 0.15) is 17.2 Å². The molecule has 1 saturated heterocycles. The molecule has 1 aliphatic heterocycles. The Hall–Kier alpha value is -4.09. The number of nitrogens with zero attached hydrogens (tertiary/aromatic N) is 6. The van der Waals surface area contributed by atoms with Crippen molar-refractivity contribution in [2.45, 2.75) is 19.4 Å². The Morgan fingerprint density at radius 2 is 1.81 bits per heavy atom. The molecule has 3 aromatic heterocycles. The lowest BCUT2D eigenvalue weighted by Crippen LogP contribution is -2.31. The minimum absolute atomic E-state index is 0.0601. The highest BCUT2D eigenvalue weighted by atomic mass is 19.1. The molecule has 0 unspecified atom stereocenters. The maximum absolute atomic E-state index is 15.5. The van der Waals surface area contributed by atoms with Crippen LogP contribution in [0.5, 0.6) is 0 Å². The van der Waals surface area contributed by atoms with Crippen LogP contribution >= 0.6 is 0 Å². The number of pyridine rings is 1. The number of hydrogen-bond acceptors (Lipinski definition) is 3. The topological polar surface area (TPSA) is 43.2 Å². The first-order valence-electron chi connectivity index (χ1n) is 12.4. The zero-order chi connectivity index (χ0) is 25.7. The predicted octanol–water partition coefficient (Wildman–Crippen LogP) is 6.43. The molecule has 0 saturated carbocycles. The van der Waals surface area contributed by atoms with E-state index >= 15 is 4.39 Å². The summed E-state index contributed by atoms with van der Waals surface area (Å²) < 4.78 is 34.2. The third kappa shape index (κ3) is 4.05. The summed E-state index contributed by atoms with van der Waals surface area (Å²) in [6.45, 7) is 10.2. The van der Waals surface area contributed by atoms with Gasteiger partial charge in [-0.15, -0.1) is 0 Å². The number of rotatable bonds is 4. The van der Waals surface area contributed by atoms with Crippen LogP contribution in [-0.2, 0) is 13.6 Å². The van der Waals surface area contributed by atoms with Gasteiger partial charge in [0.05, 0.1) is 35.8 Å². The van der Waals surface area contributed by atoms with Gasteiger partial charge in [-0.25, -0.2) is 18.6 Å². The molecule has 6 rings (SSSR count). The van der Waals surface area contributed by atoms with Gasteiger partial charge in [-0.1, -0.05) is 12.1 Å². The van der Waals surface area contributed by atoms with E-state index in [1.807, 2.05) is 23.9 Å². The lowest BCUT2D eigenvalue weighted by Gasteiger charge is -2.29. The molecule has 0 radical (unpaired) electrons. The quantitative estimate of drug-likeness (QED) is 0.270. The monoisotopic (exact) mass is 496 g/mol. The average Bonchev–Trinajstić information content (AvgIpc) is 3.47. The molecule has 1 fully saturated rings. The molecule has 0 N–H and O–H groups in total. The molecule has 5 aromatic rings. The van der Waals surface area contributed by atoms with Gasteiger partial charge in [0.2, 0.25) is 5.69 Å². The van der Waals surface area contributed by atoms with Gasteiger partial charge in [-0.05, 0) is 68.7 Å². The van der Waals surface area contributed by atoms with Crippen molar-refractivity contribution >= 4 is 27.6 Å². The van der Waals surface area contributed by atoms with Crippen LogP contribution in [-0.4, -0.2) is 44.1 Å². The van der Waals surface area contributed by atoms with E-state index in [0.717, 1.165) is 48.9 Å². The van der Waals surface area contributed by atoms with Crippen LogP contribution < -0.4 is 0 Å². The first-order chi connectivity index (χ1) is 17.9. The van der Waals surface area contributed by atoms with Gasteiger partial charge in [0.15, 0.2) is 0 Å². The molecule has 0 aliphatic carbocycles. The molecule has 0 spiro atoms. The minimum atomic E-state index is -0.625. The van der Waals surface area contributed by atoms with Crippen LogP contribution in [0.1, 0.15) is 12.8 Å². The zero-order valence-corrected chi connectivity index (χ0v) is 20.7. The molecule has 0 amide bonds. The van der Waals surface area contributed by atoms with Crippen molar-refractivity contribution in [2.75, 3.05) is 20.1 Å². The summed E-state index contributed by atoms with van der Waals surface area (Å²) in [6.07, 6.45) is 7.65. The first kappa shape index (κ1) is 23.3. The van der Waals surface area contributed by atoms with Gasteiger partial charge in [0.25, 0.3) is 0 Å².